The summed E-state index contributed by atoms with van der Waals surface area (Å²) in [6, 6.07) is 8.70. The standard InChI is InChI=1S/C16H19NO5/c1-3-21-15(19)9-10-16(20)22-11-14(17-12(2)18)13-7-5-4-6-8-13/h4-10,14H,3,11H2,1-2H3,(H,17,18)/b10-9+. The summed E-state index contributed by atoms with van der Waals surface area (Å²) in [6.07, 6.45) is 2.00. The van der Waals surface area contributed by atoms with Crippen LogP contribution in [0.2, 0.25) is 0 Å². The van der Waals surface area contributed by atoms with Gasteiger partial charge in [-0.3, -0.25) is 4.79 Å². The van der Waals surface area contributed by atoms with Crippen molar-refractivity contribution in [1.29, 1.82) is 0 Å². The molecular formula is C16H19NO5. The van der Waals surface area contributed by atoms with Gasteiger partial charge < -0.3 is 14.8 Å². The number of carbonyl (C=O) groups is 3. The largest absolute Gasteiger partial charge is 0.463 e. The topological polar surface area (TPSA) is 81.7 Å². The molecular weight excluding hydrogens is 286 g/mol. The summed E-state index contributed by atoms with van der Waals surface area (Å²) >= 11 is 0. The van der Waals surface area contributed by atoms with Crippen molar-refractivity contribution in [3.8, 4) is 0 Å². The van der Waals surface area contributed by atoms with Gasteiger partial charge in [0.1, 0.15) is 6.61 Å². The highest BCUT2D eigenvalue weighted by Crippen LogP contribution is 2.13. The number of nitrogens with one attached hydrogen (secondary N) is 1. The first-order valence-electron chi connectivity index (χ1n) is 6.86. The van der Waals surface area contributed by atoms with E-state index >= 15 is 0 Å². The highest BCUT2D eigenvalue weighted by atomic mass is 16.5. The Morgan fingerprint density at radius 1 is 1.09 bits per heavy atom. The Bertz CT molecular complexity index is 539. The molecule has 0 aliphatic heterocycles. The molecule has 0 fully saturated rings. The van der Waals surface area contributed by atoms with Crippen LogP contribution in [0.4, 0.5) is 0 Å². The molecule has 0 heterocycles. The molecule has 118 valence electrons. The van der Waals surface area contributed by atoms with Crippen molar-refractivity contribution in [3.63, 3.8) is 0 Å². The van der Waals surface area contributed by atoms with Gasteiger partial charge in [-0.25, -0.2) is 9.59 Å². The van der Waals surface area contributed by atoms with Gasteiger partial charge in [-0.1, -0.05) is 30.3 Å². The van der Waals surface area contributed by atoms with Crippen LogP contribution in [0.3, 0.4) is 0 Å². The lowest BCUT2D eigenvalue weighted by molar-refractivity contribution is -0.141. The van der Waals surface area contributed by atoms with Crippen LogP contribution in [-0.2, 0) is 23.9 Å². The zero-order valence-electron chi connectivity index (χ0n) is 12.6. The van der Waals surface area contributed by atoms with Crippen molar-refractivity contribution >= 4 is 17.8 Å². The number of esters is 2. The third kappa shape index (κ3) is 6.69. The molecule has 0 spiro atoms. The summed E-state index contributed by atoms with van der Waals surface area (Å²) in [5, 5.41) is 2.70. The van der Waals surface area contributed by atoms with Crippen LogP contribution in [0.5, 0.6) is 0 Å². The van der Waals surface area contributed by atoms with Crippen molar-refractivity contribution in [1.82, 2.24) is 5.32 Å². The highest BCUT2D eigenvalue weighted by molar-refractivity contribution is 5.91. The van der Waals surface area contributed by atoms with E-state index < -0.39 is 18.0 Å². The molecule has 1 aromatic rings. The first-order chi connectivity index (χ1) is 10.5. The molecule has 0 bridgehead atoms. The molecule has 0 aliphatic rings. The SMILES string of the molecule is CCOC(=O)/C=C/C(=O)OCC(NC(C)=O)c1ccccc1. The second-order valence-corrected chi connectivity index (χ2v) is 4.38. The van der Waals surface area contributed by atoms with Crippen molar-refractivity contribution < 1.29 is 23.9 Å². The third-order valence-corrected chi connectivity index (χ3v) is 2.61. The lowest BCUT2D eigenvalue weighted by atomic mass is 10.1. The lowest BCUT2D eigenvalue weighted by Crippen LogP contribution is -2.30. The zero-order valence-corrected chi connectivity index (χ0v) is 12.6. The van der Waals surface area contributed by atoms with Gasteiger partial charge in [0.05, 0.1) is 12.6 Å². The van der Waals surface area contributed by atoms with Crippen LogP contribution in [0, 0.1) is 0 Å². The molecule has 22 heavy (non-hydrogen) atoms. The molecule has 1 unspecified atom stereocenters. The number of hydrogen-bond acceptors (Lipinski definition) is 5. The molecule has 0 aromatic heterocycles. The number of hydrogen-bond donors (Lipinski definition) is 1. The van der Waals surface area contributed by atoms with E-state index in [0.717, 1.165) is 17.7 Å². The van der Waals surface area contributed by atoms with Gasteiger partial charge in [0.25, 0.3) is 0 Å². The van der Waals surface area contributed by atoms with E-state index in [9.17, 15) is 14.4 Å². The summed E-state index contributed by atoms with van der Waals surface area (Å²) in [5.74, 6) is -1.52. The molecule has 1 N–H and O–H groups in total. The van der Waals surface area contributed by atoms with Crippen molar-refractivity contribution in [2.24, 2.45) is 0 Å². The number of carbonyl (C=O) groups excluding carboxylic acids is 3. The van der Waals surface area contributed by atoms with Gasteiger partial charge in [0.15, 0.2) is 0 Å². The maximum Gasteiger partial charge on any atom is 0.331 e. The van der Waals surface area contributed by atoms with E-state index in [1.807, 2.05) is 30.3 Å². The zero-order chi connectivity index (χ0) is 16.4. The number of amides is 1. The predicted octanol–water partition coefficient (Wildman–Crippen LogP) is 1.53. The van der Waals surface area contributed by atoms with E-state index in [2.05, 4.69) is 10.1 Å². The second-order valence-electron chi connectivity index (χ2n) is 4.38. The fourth-order valence-corrected chi connectivity index (χ4v) is 1.69. The summed E-state index contributed by atoms with van der Waals surface area (Å²) in [4.78, 5) is 33.9. The van der Waals surface area contributed by atoms with E-state index in [-0.39, 0.29) is 19.1 Å². The highest BCUT2D eigenvalue weighted by Gasteiger charge is 2.14. The normalized spacial score (nSPS) is 11.7. The molecule has 1 aromatic carbocycles. The van der Waals surface area contributed by atoms with Crippen LogP contribution < -0.4 is 5.32 Å². The van der Waals surface area contributed by atoms with Crippen molar-refractivity contribution in [2.45, 2.75) is 19.9 Å². The molecule has 1 rings (SSSR count). The summed E-state index contributed by atoms with van der Waals surface area (Å²) in [7, 11) is 0. The van der Waals surface area contributed by atoms with Gasteiger partial charge in [0.2, 0.25) is 5.91 Å². The molecule has 6 heteroatoms. The Morgan fingerprint density at radius 3 is 2.23 bits per heavy atom. The first kappa shape index (κ1) is 17.4. The predicted molar refractivity (Wildman–Crippen MR) is 79.7 cm³/mol. The molecule has 0 radical (unpaired) electrons. The van der Waals surface area contributed by atoms with Crippen LogP contribution >= 0.6 is 0 Å². The number of rotatable bonds is 7. The minimum absolute atomic E-state index is 0.0322. The summed E-state index contributed by atoms with van der Waals surface area (Å²) < 4.78 is 9.69. The number of benzene rings is 1. The minimum atomic E-state index is -0.681. The maximum absolute atomic E-state index is 11.5. The smallest absolute Gasteiger partial charge is 0.331 e. The van der Waals surface area contributed by atoms with Crippen LogP contribution in [-0.4, -0.2) is 31.1 Å². The van der Waals surface area contributed by atoms with E-state index in [4.69, 9.17) is 4.74 Å². The second kappa shape index (κ2) is 9.33. The van der Waals surface area contributed by atoms with Gasteiger partial charge in [-0.05, 0) is 12.5 Å². The van der Waals surface area contributed by atoms with Crippen LogP contribution in [0.25, 0.3) is 0 Å². The average Bonchev–Trinajstić information content (AvgIpc) is 2.50. The Labute approximate surface area is 129 Å². The third-order valence-electron chi connectivity index (χ3n) is 2.61. The van der Waals surface area contributed by atoms with E-state index in [1.165, 1.54) is 6.92 Å². The quantitative estimate of drug-likeness (QED) is 0.610. The van der Waals surface area contributed by atoms with Gasteiger partial charge in [0, 0.05) is 19.1 Å². The van der Waals surface area contributed by atoms with Gasteiger partial charge in [-0.15, -0.1) is 0 Å². The Hall–Kier alpha value is -2.63. The molecule has 1 amide bonds. The summed E-state index contributed by atoms with van der Waals surface area (Å²) in [5.41, 5.74) is 0.819. The minimum Gasteiger partial charge on any atom is -0.463 e. The number of ether oxygens (including phenoxy) is 2. The van der Waals surface area contributed by atoms with Crippen LogP contribution in [0.15, 0.2) is 42.5 Å². The maximum atomic E-state index is 11.5. The fourth-order valence-electron chi connectivity index (χ4n) is 1.69. The van der Waals surface area contributed by atoms with E-state index in [0.29, 0.717) is 0 Å². The van der Waals surface area contributed by atoms with Gasteiger partial charge in [-0.2, -0.15) is 0 Å². The molecule has 6 nitrogen and oxygen atoms in total. The van der Waals surface area contributed by atoms with E-state index in [1.54, 1.807) is 6.92 Å². The Morgan fingerprint density at radius 2 is 1.68 bits per heavy atom. The molecule has 0 saturated carbocycles. The molecule has 0 aliphatic carbocycles. The average molecular weight is 305 g/mol. The van der Waals surface area contributed by atoms with Crippen molar-refractivity contribution in [2.75, 3.05) is 13.2 Å². The Balaban J connectivity index is 2.58. The van der Waals surface area contributed by atoms with Crippen LogP contribution in [0.1, 0.15) is 25.5 Å². The first-order valence-corrected chi connectivity index (χ1v) is 6.86. The fraction of sp³-hybridized carbons (Fsp3) is 0.312. The van der Waals surface area contributed by atoms with Gasteiger partial charge >= 0.3 is 11.9 Å². The van der Waals surface area contributed by atoms with Crippen molar-refractivity contribution in [3.05, 3.63) is 48.0 Å². The summed E-state index contributed by atoms with van der Waals surface area (Å²) in [6.45, 7) is 3.26. The monoisotopic (exact) mass is 305 g/mol. The Kier molecular flexibility index (Phi) is 7.39. The molecule has 0 saturated heterocycles. The molecule has 1 atom stereocenters. The lowest BCUT2D eigenvalue weighted by Gasteiger charge is -2.17.